The molecule has 0 saturated heterocycles. The highest BCUT2D eigenvalue weighted by atomic mass is 16.3. The van der Waals surface area contributed by atoms with Gasteiger partial charge < -0.3 is 10.2 Å². The van der Waals surface area contributed by atoms with E-state index in [0.29, 0.717) is 0 Å². The average Bonchev–Trinajstić information content (AvgIpc) is 2.76. The number of furan rings is 1. The van der Waals surface area contributed by atoms with Crippen LogP contribution in [0, 0.1) is 6.92 Å². The summed E-state index contributed by atoms with van der Waals surface area (Å²) in [6.45, 7) is 4.13. The number of hydrogen-bond donors (Lipinski definition) is 1. The summed E-state index contributed by atoms with van der Waals surface area (Å²) >= 11 is 0. The van der Waals surface area contributed by atoms with E-state index in [2.05, 4.69) is 31.2 Å². The maximum absolute atomic E-state index is 6.23. The van der Waals surface area contributed by atoms with Gasteiger partial charge in [-0.05, 0) is 30.5 Å². The van der Waals surface area contributed by atoms with Gasteiger partial charge in [0, 0.05) is 5.56 Å². The first kappa shape index (κ1) is 11.9. The molecule has 2 heteroatoms. The van der Waals surface area contributed by atoms with Crippen LogP contribution in [0.1, 0.15) is 41.8 Å². The molecule has 90 valence electrons. The monoisotopic (exact) mass is 229 g/mol. The second kappa shape index (κ2) is 5.19. The molecule has 1 aromatic carbocycles. The summed E-state index contributed by atoms with van der Waals surface area (Å²) in [7, 11) is 0. The quantitative estimate of drug-likeness (QED) is 0.870. The van der Waals surface area contributed by atoms with Gasteiger partial charge in [0.05, 0.1) is 12.3 Å². The lowest BCUT2D eigenvalue weighted by atomic mass is 9.98. The van der Waals surface area contributed by atoms with Gasteiger partial charge in [-0.15, -0.1) is 0 Å². The molecular weight excluding hydrogens is 210 g/mol. The summed E-state index contributed by atoms with van der Waals surface area (Å²) in [5.74, 6) is 0.898. The molecule has 17 heavy (non-hydrogen) atoms. The summed E-state index contributed by atoms with van der Waals surface area (Å²) < 4.78 is 5.29. The largest absolute Gasteiger partial charge is 0.469 e. The standard InChI is InChI=1S/C15H19NO/c1-3-4-12-5-7-13(8-6-12)15(16)14-9-10-17-11(14)2/h5-10,15H,3-4,16H2,1-2H3. The molecule has 2 rings (SSSR count). The number of hydrogen-bond acceptors (Lipinski definition) is 2. The molecule has 0 aliphatic heterocycles. The second-order valence-electron chi connectivity index (χ2n) is 4.40. The predicted octanol–water partition coefficient (Wildman–Crippen LogP) is 3.59. The molecule has 0 saturated carbocycles. The molecule has 1 unspecified atom stereocenters. The van der Waals surface area contributed by atoms with Crippen molar-refractivity contribution >= 4 is 0 Å². The van der Waals surface area contributed by atoms with Crippen LogP contribution in [0.15, 0.2) is 41.0 Å². The van der Waals surface area contributed by atoms with E-state index < -0.39 is 0 Å². The molecule has 0 bridgehead atoms. The third-order valence-electron chi connectivity index (χ3n) is 3.11. The van der Waals surface area contributed by atoms with Gasteiger partial charge >= 0.3 is 0 Å². The molecule has 0 aliphatic carbocycles. The van der Waals surface area contributed by atoms with Crippen LogP contribution in [0.25, 0.3) is 0 Å². The fourth-order valence-electron chi connectivity index (χ4n) is 2.08. The fraction of sp³-hybridized carbons (Fsp3) is 0.333. The van der Waals surface area contributed by atoms with Crippen molar-refractivity contribution in [2.24, 2.45) is 5.73 Å². The Bertz CT molecular complexity index is 470. The summed E-state index contributed by atoms with van der Waals surface area (Å²) in [6, 6.07) is 10.4. The van der Waals surface area contributed by atoms with Crippen LogP contribution in [0.3, 0.4) is 0 Å². The van der Waals surface area contributed by atoms with Gasteiger partial charge in [0.2, 0.25) is 0 Å². The van der Waals surface area contributed by atoms with Gasteiger partial charge in [0.25, 0.3) is 0 Å². The first-order valence-electron chi connectivity index (χ1n) is 6.10. The van der Waals surface area contributed by atoms with E-state index in [9.17, 15) is 0 Å². The zero-order valence-corrected chi connectivity index (χ0v) is 10.4. The SMILES string of the molecule is CCCc1ccc(C(N)c2ccoc2C)cc1. The Hall–Kier alpha value is -1.54. The van der Waals surface area contributed by atoms with Gasteiger partial charge in [0.15, 0.2) is 0 Å². The molecule has 0 spiro atoms. The number of benzene rings is 1. The summed E-state index contributed by atoms with van der Waals surface area (Å²) in [6.07, 6.45) is 3.99. The molecule has 2 aromatic rings. The third-order valence-corrected chi connectivity index (χ3v) is 3.11. The first-order chi connectivity index (χ1) is 8.22. The van der Waals surface area contributed by atoms with Crippen molar-refractivity contribution in [1.82, 2.24) is 0 Å². The van der Waals surface area contributed by atoms with E-state index in [0.717, 1.165) is 23.3 Å². The van der Waals surface area contributed by atoms with Gasteiger partial charge in [0.1, 0.15) is 5.76 Å². The third kappa shape index (κ3) is 2.59. The van der Waals surface area contributed by atoms with Gasteiger partial charge in [-0.1, -0.05) is 37.6 Å². The topological polar surface area (TPSA) is 39.2 Å². The Balaban J connectivity index is 2.20. The highest BCUT2D eigenvalue weighted by molar-refractivity contribution is 5.34. The highest BCUT2D eigenvalue weighted by Crippen LogP contribution is 2.23. The van der Waals surface area contributed by atoms with Gasteiger partial charge in [-0.2, -0.15) is 0 Å². The second-order valence-corrected chi connectivity index (χ2v) is 4.40. The minimum atomic E-state index is -0.0931. The van der Waals surface area contributed by atoms with E-state index >= 15 is 0 Å². The molecule has 2 nitrogen and oxygen atoms in total. The maximum Gasteiger partial charge on any atom is 0.105 e. The van der Waals surface area contributed by atoms with Crippen LogP contribution in [-0.2, 0) is 6.42 Å². The summed E-state index contributed by atoms with van der Waals surface area (Å²) in [5, 5.41) is 0. The normalized spacial score (nSPS) is 12.6. The molecule has 1 atom stereocenters. The molecule has 0 amide bonds. The molecule has 0 aliphatic rings. The van der Waals surface area contributed by atoms with E-state index in [1.54, 1.807) is 6.26 Å². The smallest absolute Gasteiger partial charge is 0.105 e. The van der Waals surface area contributed by atoms with Crippen LogP contribution < -0.4 is 5.73 Å². The van der Waals surface area contributed by atoms with Gasteiger partial charge in [-0.25, -0.2) is 0 Å². The van der Waals surface area contributed by atoms with Crippen molar-refractivity contribution in [2.45, 2.75) is 32.7 Å². The van der Waals surface area contributed by atoms with Crippen molar-refractivity contribution < 1.29 is 4.42 Å². The van der Waals surface area contributed by atoms with Crippen LogP contribution in [0.4, 0.5) is 0 Å². The van der Waals surface area contributed by atoms with Crippen molar-refractivity contribution in [3.05, 3.63) is 59.0 Å². The molecule has 2 N–H and O–H groups in total. The fourth-order valence-corrected chi connectivity index (χ4v) is 2.08. The van der Waals surface area contributed by atoms with E-state index in [1.165, 1.54) is 12.0 Å². The Labute approximate surface area is 102 Å². The van der Waals surface area contributed by atoms with Crippen molar-refractivity contribution in [1.29, 1.82) is 0 Å². The van der Waals surface area contributed by atoms with Gasteiger partial charge in [-0.3, -0.25) is 0 Å². The lowest BCUT2D eigenvalue weighted by Crippen LogP contribution is -2.12. The molecular formula is C15H19NO. The first-order valence-corrected chi connectivity index (χ1v) is 6.10. The maximum atomic E-state index is 6.23. The average molecular weight is 229 g/mol. The van der Waals surface area contributed by atoms with Crippen LogP contribution in [0.2, 0.25) is 0 Å². The van der Waals surface area contributed by atoms with Crippen LogP contribution in [0.5, 0.6) is 0 Å². The predicted molar refractivity (Wildman–Crippen MR) is 69.9 cm³/mol. The molecule has 1 aromatic heterocycles. The van der Waals surface area contributed by atoms with Crippen LogP contribution in [-0.4, -0.2) is 0 Å². The number of rotatable bonds is 4. The Morgan fingerprint density at radius 2 is 1.88 bits per heavy atom. The molecule has 1 heterocycles. The Morgan fingerprint density at radius 3 is 2.41 bits per heavy atom. The Morgan fingerprint density at radius 1 is 1.18 bits per heavy atom. The molecule has 0 fully saturated rings. The van der Waals surface area contributed by atoms with Crippen LogP contribution >= 0.6 is 0 Å². The van der Waals surface area contributed by atoms with E-state index in [4.69, 9.17) is 10.2 Å². The summed E-state index contributed by atoms with van der Waals surface area (Å²) in [4.78, 5) is 0. The zero-order valence-electron chi connectivity index (χ0n) is 10.4. The lowest BCUT2D eigenvalue weighted by Gasteiger charge is -2.11. The minimum absolute atomic E-state index is 0.0931. The number of nitrogens with two attached hydrogens (primary N) is 1. The number of aryl methyl sites for hydroxylation is 2. The van der Waals surface area contributed by atoms with Crippen molar-refractivity contribution in [3.8, 4) is 0 Å². The van der Waals surface area contributed by atoms with E-state index in [1.807, 2.05) is 13.0 Å². The zero-order chi connectivity index (χ0) is 12.3. The Kier molecular flexibility index (Phi) is 3.64. The van der Waals surface area contributed by atoms with E-state index in [-0.39, 0.29) is 6.04 Å². The summed E-state index contributed by atoms with van der Waals surface area (Å²) in [5.41, 5.74) is 9.79. The highest BCUT2D eigenvalue weighted by Gasteiger charge is 2.13. The lowest BCUT2D eigenvalue weighted by molar-refractivity contribution is 0.527. The molecule has 0 radical (unpaired) electrons. The minimum Gasteiger partial charge on any atom is -0.469 e. The van der Waals surface area contributed by atoms with Crippen molar-refractivity contribution in [3.63, 3.8) is 0 Å². The van der Waals surface area contributed by atoms with Crippen molar-refractivity contribution in [2.75, 3.05) is 0 Å².